The highest BCUT2D eigenvalue weighted by Crippen LogP contribution is 2.27. The molecule has 0 saturated carbocycles. The zero-order chi connectivity index (χ0) is 16.2. The van der Waals surface area contributed by atoms with E-state index < -0.39 is 0 Å². The molecule has 2 aromatic rings. The van der Waals surface area contributed by atoms with Gasteiger partial charge in [-0.2, -0.15) is 4.73 Å². The van der Waals surface area contributed by atoms with E-state index in [1.807, 2.05) is 0 Å². The molecule has 0 bridgehead atoms. The number of halogens is 1. The number of hydrogen-bond donors (Lipinski definition) is 1. The van der Waals surface area contributed by atoms with E-state index >= 15 is 0 Å². The average Bonchev–Trinajstić information content (AvgIpc) is 3.07. The van der Waals surface area contributed by atoms with Crippen LogP contribution < -0.4 is 10.0 Å². The zero-order valence-corrected chi connectivity index (χ0v) is 12.4. The van der Waals surface area contributed by atoms with Gasteiger partial charge in [0.2, 0.25) is 0 Å². The summed E-state index contributed by atoms with van der Waals surface area (Å²) in [5.41, 5.74) is 1.05. The third-order valence-electron chi connectivity index (χ3n) is 3.89. The fraction of sp³-hybridized carbons (Fsp3) is 0.294. The molecule has 1 aromatic heterocycles. The van der Waals surface area contributed by atoms with Crippen molar-refractivity contribution in [2.45, 2.75) is 25.0 Å². The lowest BCUT2D eigenvalue weighted by Crippen LogP contribution is -2.37. The third-order valence-corrected chi connectivity index (χ3v) is 3.89. The molecule has 3 rings (SSSR count). The maximum absolute atomic E-state index is 13.1. The van der Waals surface area contributed by atoms with Crippen molar-refractivity contribution in [2.75, 3.05) is 6.61 Å². The SMILES string of the molecule is O=C(NC(c1ccc(F)cc1)C1CCCO1)c1ccc[n+]([O-])c1. The van der Waals surface area contributed by atoms with Gasteiger partial charge >= 0.3 is 0 Å². The number of aromatic nitrogens is 1. The van der Waals surface area contributed by atoms with E-state index in [0.717, 1.165) is 18.4 Å². The average molecular weight is 316 g/mol. The second kappa shape index (κ2) is 6.75. The molecular weight excluding hydrogens is 299 g/mol. The number of carbonyl (C=O) groups is 1. The summed E-state index contributed by atoms with van der Waals surface area (Å²) >= 11 is 0. The molecule has 0 radical (unpaired) electrons. The molecule has 120 valence electrons. The number of nitrogens with zero attached hydrogens (tertiary/aromatic N) is 1. The van der Waals surface area contributed by atoms with Crippen molar-refractivity contribution in [1.82, 2.24) is 5.32 Å². The van der Waals surface area contributed by atoms with E-state index in [-0.39, 0.29) is 29.4 Å². The smallest absolute Gasteiger partial charge is 0.257 e. The molecule has 1 aliphatic rings. The van der Waals surface area contributed by atoms with Gasteiger partial charge in [0.05, 0.1) is 12.1 Å². The van der Waals surface area contributed by atoms with Crippen LogP contribution in [0.4, 0.5) is 4.39 Å². The van der Waals surface area contributed by atoms with Crippen molar-refractivity contribution in [3.05, 3.63) is 70.9 Å². The van der Waals surface area contributed by atoms with Gasteiger partial charge in [-0.15, -0.1) is 0 Å². The molecule has 1 saturated heterocycles. The fourth-order valence-corrected chi connectivity index (χ4v) is 2.74. The number of amides is 1. The minimum absolute atomic E-state index is 0.160. The summed E-state index contributed by atoms with van der Waals surface area (Å²) < 4.78 is 19.4. The molecule has 23 heavy (non-hydrogen) atoms. The first-order valence-electron chi connectivity index (χ1n) is 7.50. The second-order valence-corrected chi connectivity index (χ2v) is 5.51. The van der Waals surface area contributed by atoms with Crippen molar-refractivity contribution in [3.8, 4) is 0 Å². The summed E-state index contributed by atoms with van der Waals surface area (Å²) in [5, 5.41) is 14.2. The summed E-state index contributed by atoms with van der Waals surface area (Å²) in [7, 11) is 0. The lowest BCUT2D eigenvalue weighted by atomic mass is 9.99. The van der Waals surface area contributed by atoms with E-state index in [0.29, 0.717) is 11.3 Å². The van der Waals surface area contributed by atoms with Crippen LogP contribution in [0.15, 0.2) is 48.8 Å². The summed E-state index contributed by atoms with van der Waals surface area (Å²) in [6.07, 6.45) is 4.11. The Bertz CT molecular complexity index is 684. The minimum atomic E-state index is -0.383. The van der Waals surface area contributed by atoms with Gasteiger partial charge in [-0.25, -0.2) is 4.39 Å². The lowest BCUT2D eigenvalue weighted by molar-refractivity contribution is -0.605. The number of pyridine rings is 1. The van der Waals surface area contributed by atoms with Gasteiger partial charge in [-0.1, -0.05) is 12.1 Å². The first-order chi connectivity index (χ1) is 11.1. The Morgan fingerprint density at radius 1 is 1.35 bits per heavy atom. The van der Waals surface area contributed by atoms with Gasteiger partial charge in [-0.05, 0) is 36.6 Å². The number of ether oxygens (including phenoxy) is 1. The van der Waals surface area contributed by atoms with Gasteiger partial charge < -0.3 is 15.3 Å². The second-order valence-electron chi connectivity index (χ2n) is 5.51. The molecule has 1 fully saturated rings. The first kappa shape index (κ1) is 15.4. The standard InChI is InChI=1S/C17H17FN2O3/c18-14-7-5-12(6-8-14)16(15-4-2-10-23-15)19-17(21)13-3-1-9-20(22)11-13/h1,3,5-9,11,15-16H,2,4,10H2,(H,19,21). The molecule has 1 N–H and O–H groups in total. The third kappa shape index (κ3) is 3.65. The minimum Gasteiger partial charge on any atom is -0.619 e. The van der Waals surface area contributed by atoms with E-state index in [1.165, 1.54) is 30.6 Å². The predicted molar refractivity (Wildman–Crippen MR) is 81.0 cm³/mol. The number of benzene rings is 1. The molecule has 2 heterocycles. The Morgan fingerprint density at radius 2 is 2.13 bits per heavy atom. The fourth-order valence-electron chi connectivity index (χ4n) is 2.74. The highest BCUT2D eigenvalue weighted by Gasteiger charge is 2.29. The van der Waals surface area contributed by atoms with E-state index in [1.54, 1.807) is 18.2 Å². The Kier molecular flexibility index (Phi) is 4.52. The number of hydrogen-bond acceptors (Lipinski definition) is 3. The molecule has 1 aromatic carbocycles. The molecule has 0 spiro atoms. The van der Waals surface area contributed by atoms with Crippen molar-refractivity contribution >= 4 is 5.91 Å². The largest absolute Gasteiger partial charge is 0.619 e. The van der Waals surface area contributed by atoms with Crippen LogP contribution in [0.1, 0.15) is 34.8 Å². The molecule has 0 aliphatic carbocycles. The molecule has 1 aliphatic heterocycles. The highest BCUT2D eigenvalue weighted by atomic mass is 19.1. The van der Waals surface area contributed by atoms with E-state index in [4.69, 9.17) is 4.74 Å². The van der Waals surface area contributed by atoms with Crippen LogP contribution in [0.2, 0.25) is 0 Å². The summed E-state index contributed by atoms with van der Waals surface area (Å²) in [6.45, 7) is 0.643. The van der Waals surface area contributed by atoms with Crippen molar-refractivity contribution in [2.24, 2.45) is 0 Å². The monoisotopic (exact) mass is 316 g/mol. The van der Waals surface area contributed by atoms with E-state index in [9.17, 15) is 14.4 Å². The Morgan fingerprint density at radius 3 is 2.78 bits per heavy atom. The van der Waals surface area contributed by atoms with Crippen LogP contribution >= 0.6 is 0 Å². The van der Waals surface area contributed by atoms with Gasteiger partial charge in [0.1, 0.15) is 11.4 Å². The maximum atomic E-state index is 13.1. The van der Waals surface area contributed by atoms with Gasteiger partial charge in [0.25, 0.3) is 5.91 Å². The summed E-state index contributed by atoms with van der Waals surface area (Å²) in [4.78, 5) is 12.4. The van der Waals surface area contributed by atoms with Crippen LogP contribution in [0.5, 0.6) is 0 Å². The predicted octanol–water partition coefficient (Wildman–Crippen LogP) is 2.11. The molecule has 2 atom stereocenters. The quantitative estimate of drug-likeness (QED) is 0.694. The van der Waals surface area contributed by atoms with Crippen molar-refractivity contribution in [1.29, 1.82) is 0 Å². The Labute approximate surface area is 133 Å². The topological polar surface area (TPSA) is 65.3 Å². The van der Waals surface area contributed by atoms with Crippen LogP contribution in [0, 0.1) is 11.0 Å². The Balaban J connectivity index is 1.83. The normalized spacial score (nSPS) is 18.6. The number of nitrogens with one attached hydrogen (secondary N) is 1. The molecule has 6 heteroatoms. The number of rotatable bonds is 4. The Hall–Kier alpha value is -2.47. The van der Waals surface area contributed by atoms with Crippen LogP contribution in [-0.4, -0.2) is 18.6 Å². The van der Waals surface area contributed by atoms with Crippen molar-refractivity contribution in [3.63, 3.8) is 0 Å². The summed E-state index contributed by atoms with van der Waals surface area (Å²) in [5.74, 6) is -0.693. The molecular formula is C17H17FN2O3. The summed E-state index contributed by atoms with van der Waals surface area (Å²) in [6, 6.07) is 8.70. The highest BCUT2D eigenvalue weighted by molar-refractivity contribution is 5.93. The van der Waals surface area contributed by atoms with Crippen molar-refractivity contribution < 1.29 is 18.7 Å². The van der Waals surface area contributed by atoms with Crippen LogP contribution in [0.25, 0.3) is 0 Å². The van der Waals surface area contributed by atoms with Gasteiger partial charge in [-0.3, -0.25) is 4.79 Å². The maximum Gasteiger partial charge on any atom is 0.257 e. The number of carbonyl (C=O) groups excluding carboxylic acids is 1. The molecule has 1 amide bonds. The first-order valence-corrected chi connectivity index (χ1v) is 7.50. The zero-order valence-electron chi connectivity index (χ0n) is 12.4. The van der Waals surface area contributed by atoms with E-state index in [2.05, 4.69) is 5.32 Å². The van der Waals surface area contributed by atoms with Gasteiger partial charge in [0, 0.05) is 12.7 Å². The van der Waals surface area contributed by atoms with Crippen LogP contribution in [0.3, 0.4) is 0 Å². The lowest BCUT2D eigenvalue weighted by Gasteiger charge is -2.24. The molecule has 2 unspecified atom stereocenters. The van der Waals surface area contributed by atoms with Gasteiger partial charge in [0.15, 0.2) is 12.4 Å². The van der Waals surface area contributed by atoms with Crippen LogP contribution in [-0.2, 0) is 4.74 Å². The molecule has 5 nitrogen and oxygen atoms in total.